The van der Waals surface area contributed by atoms with E-state index in [0.717, 1.165) is 48.2 Å². The number of hydrogen-bond donors (Lipinski definition) is 0. The number of anilines is 1. The number of thiazole rings is 1. The third-order valence-electron chi connectivity index (χ3n) is 6.10. The predicted octanol–water partition coefficient (Wildman–Crippen LogP) is 4.50. The first kappa shape index (κ1) is 28.3. The molecular weight excluding hydrogens is 520 g/mol. The molecule has 0 bridgehead atoms. The molecule has 3 aromatic rings. The Kier molecular flexibility index (Phi) is 9.71. The van der Waals surface area contributed by atoms with Crippen LogP contribution in [0.1, 0.15) is 36.0 Å². The third kappa shape index (κ3) is 6.36. The molecule has 0 aliphatic carbocycles. The van der Waals surface area contributed by atoms with E-state index < -0.39 is 10.0 Å². The molecule has 1 fully saturated rings. The average molecular weight is 553 g/mol. The Balaban J connectivity index is 0.00000361. The van der Waals surface area contributed by atoms with Gasteiger partial charge in [-0.05, 0) is 82.4 Å². The normalized spacial score (nSPS) is 14.6. The Bertz CT molecular complexity index is 1270. The number of methoxy groups -OCH3 is 1. The third-order valence-corrected chi connectivity index (χ3v) is 9.06. The number of sulfonamides is 1. The molecule has 0 unspecified atom stereocenters. The van der Waals surface area contributed by atoms with Gasteiger partial charge in [-0.2, -0.15) is 4.31 Å². The summed E-state index contributed by atoms with van der Waals surface area (Å²) in [6.07, 6.45) is 3.60. The van der Waals surface area contributed by atoms with E-state index in [1.165, 1.54) is 15.6 Å². The molecule has 2 aromatic carbocycles. The van der Waals surface area contributed by atoms with Crippen LogP contribution in [0.15, 0.2) is 47.4 Å². The molecule has 2 heterocycles. The van der Waals surface area contributed by atoms with Crippen LogP contribution in [0.2, 0.25) is 0 Å². The molecule has 0 N–H and O–H groups in total. The van der Waals surface area contributed by atoms with Crippen molar-refractivity contribution in [2.45, 2.75) is 30.6 Å². The van der Waals surface area contributed by atoms with Crippen LogP contribution in [0.3, 0.4) is 0 Å². The highest BCUT2D eigenvalue weighted by Crippen LogP contribution is 2.32. The zero-order chi connectivity index (χ0) is 25.0. The summed E-state index contributed by atoms with van der Waals surface area (Å²) in [5, 5.41) is 0.613. The van der Waals surface area contributed by atoms with Gasteiger partial charge in [0.1, 0.15) is 5.75 Å². The van der Waals surface area contributed by atoms with Crippen molar-refractivity contribution >= 4 is 55.0 Å². The Morgan fingerprint density at radius 2 is 1.75 bits per heavy atom. The molecule has 0 atom stereocenters. The molecule has 8 nitrogen and oxygen atoms in total. The van der Waals surface area contributed by atoms with Gasteiger partial charge < -0.3 is 9.64 Å². The van der Waals surface area contributed by atoms with Crippen LogP contribution in [-0.2, 0) is 10.0 Å². The zero-order valence-corrected chi connectivity index (χ0v) is 23.3. The maximum Gasteiger partial charge on any atom is 0.260 e. The van der Waals surface area contributed by atoms with Crippen LogP contribution in [0.4, 0.5) is 5.13 Å². The van der Waals surface area contributed by atoms with Gasteiger partial charge in [0.05, 0.1) is 22.2 Å². The van der Waals surface area contributed by atoms with Gasteiger partial charge in [-0.25, -0.2) is 13.4 Å². The van der Waals surface area contributed by atoms with E-state index >= 15 is 0 Å². The Labute approximate surface area is 223 Å². The fourth-order valence-corrected chi connectivity index (χ4v) is 6.68. The molecular formula is C25H33ClN4O4S2. The van der Waals surface area contributed by atoms with E-state index in [2.05, 4.69) is 4.90 Å². The van der Waals surface area contributed by atoms with Crippen molar-refractivity contribution in [3.63, 3.8) is 0 Å². The number of fused-ring (bicyclic) bond motifs is 1. The lowest BCUT2D eigenvalue weighted by atomic mass is 10.2. The van der Waals surface area contributed by atoms with Crippen molar-refractivity contribution in [3.8, 4) is 5.75 Å². The minimum Gasteiger partial charge on any atom is -0.497 e. The van der Waals surface area contributed by atoms with Crippen LogP contribution in [0.25, 0.3) is 10.2 Å². The molecule has 4 rings (SSSR count). The summed E-state index contributed by atoms with van der Waals surface area (Å²) < 4.78 is 33.8. The van der Waals surface area contributed by atoms with Crippen LogP contribution < -0.4 is 9.64 Å². The molecule has 36 heavy (non-hydrogen) atoms. The number of carbonyl (C=O) groups excluding carboxylic acids is 1. The standard InChI is InChI=1S/C25H32N4O4S2.ClH/c1-27(2)14-7-17-29(25-26-22-13-10-20(33-3)18-23(22)34-25)24(30)19-8-11-21(12-9-19)35(31,32)28-15-5-4-6-16-28;/h8-13,18H,4-7,14-17H2,1-3H3;1H. The highest BCUT2D eigenvalue weighted by molar-refractivity contribution is 7.89. The molecule has 1 aliphatic heterocycles. The summed E-state index contributed by atoms with van der Waals surface area (Å²) in [4.78, 5) is 22.3. The van der Waals surface area contributed by atoms with Crippen LogP contribution in [0.5, 0.6) is 5.75 Å². The quantitative estimate of drug-likeness (QED) is 0.389. The summed E-state index contributed by atoms with van der Waals surface area (Å²) in [5.74, 6) is 0.542. The summed E-state index contributed by atoms with van der Waals surface area (Å²) >= 11 is 1.44. The van der Waals surface area contributed by atoms with E-state index in [9.17, 15) is 13.2 Å². The van der Waals surface area contributed by atoms with Gasteiger partial charge in [-0.1, -0.05) is 17.8 Å². The molecule has 0 saturated carbocycles. The Morgan fingerprint density at radius 3 is 2.39 bits per heavy atom. The van der Waals surface area contributed by atoms with Gasteiger partial charge in [0.15, 0.2) is 5.13 Å². The fourth-order valence-electron chi connectivity index (χ4n) is 4.14. The maximum absolute atomic E-state index is 13.6. The molecule has 11 heteroatoms. The first-order valence-corrected chi connectivity index (χ1v) is 14.1. The van der Waals surface area contributed by atoms with Crippen molar-refractivity contribution in [1.82, 2.24) is 14.2 Å². The van der Waals surface area contributed by atoms with Crippen LogP contribution >= 0.6 is 23.7 Å². The molecule has 1 aromatic heterocycles. The average Bonchev–Trinajstić information content (AvgIpc) is 3.29. The number of rotatable bonds is 9. The van der Waals surface area contributed by atoms with Gasteiger partial charge in [-0.15, -0.1) is 12.4 Å². The number of ether oxygens (including phenoxy) is 1. The fraction of sp³-hybridized carbons (Fsp3) is 0.440. The molecule has 0 radical (unpaired) electrons. The van der Waals surface area contributed by atoms with Crippen LogP contribution in [-0.4, -0.2) is 75.9 Å². The predicted molar refractivity (Wildman–Crippen MR) is 147 cm³/mol. The lowest BCUT2D eigenvalue weighted by molar-refractivity contribution is 0.0986. The number of benzene rings is 2. The number of carbonyl (C=O) groups is 1. The van der Waals surface area contributed by atoms with E-state index in [4.69, 9.17) is 9.72 Å². The number of hydrogen-bond acceptors (Lipinski definition) is 7. The van der Waals surface area contributed by atoms with Gasteiger partial charge in [0, 0.05) is 25.2 Å². The second-order valence-corrected chi connectivity index (χ2v) is 11.9. The SMILES string of the molecule is COc1ccc2nc(N(CCCN(C)C)C(=O)c3ccc(S(=O)(=O)N4CCCCC4)cc3)sc2c1.Cl. The smallest absolute Gasteiger partial charge is 0.260 e. The highest BCUT2D eigenvalue weighted by atomic mass is 35.5. The maximum atomic E-state index is 13.6. The first-order valence-electron chi connectivity index (χ1n) is 11.8. The van der Waals surface area contributed by atoms with Gasteiger partial charge in [-0.3, -0.25) is 9.69 Å². The van der Waals surface area contributed by atoms with Crippen molar-refractivity contribution in [3.05, 3.63) is 48.0 Å². The van der Waals surface area contributed by atoms with Gasteiger partial charge >= 0.3 is 0 Å². The first-order chi connectivity index (χ1) is 16.8. The minimum atomic E-state index is -3.54. The number of halogens is 1. The van der Waals surface area contributed by atoms with Gasteiger partial charge in [0.2, 0.25) is 10.0 Å². The number of aromatic nitrogens is 1. The van der Waals surface area contributed by atoms with Crippen LogP contribution in [0, 0.1) is 0 Å². The van der Waals surface area contributed by atoms with Gasteiger partial charge in [0.25, 0.3) is 5.91 Å². The Hall–Kier alpha value is -2.24. The summed E-state index contributed by atoms with van der Waals surface area (Å²) in [5.41, 5.74) is 1.24. The van der Waals surface area contributed by atoms with Crippen molar-refractivity contribution < 1.29 is 17.9 Å². The topological polar surface area (TPSA) is 83.0 Å². The highest BCUT2D eigenvalue weighted by Gasteiger charge is 2.27. The Morgan fingerprint density at radius 1 is 1.06 bits per heavy atom. The largest absolute Gasteiger partial charge is 0.497 e. The molecule has 1 amide bonds. The second-order valence-electron chi connectivity index (χ2n) is 8.93. The van der Waals surface area contributed by atoms with E-state index in [1.807, 2.05) is 32.3 Å². The molecule has 196 valence electrons. The zero-order valence-electron chi connectivity index (χ0n) is 20.8. The number of amides is 1. The number of nitrogens with zero attached hydrogens (tertiary/aromatic N) is 4. The van der Waals surface area contributed by atoms with E-state index in [-0.39, 0.29) is 23.2 Å². The second kappa shape index (κ2) is 12.3. The molecule has 0 spiro atoms. The molecule has 1 saturated heterocycles. The summed E-state index contributed by atoms with van der Waals surface area (Å²) in [6.45, 7) is 2.42. The lowest BCUT2D eigenvalue weighted by Crippen LogP contribution is -2.35. The van der Waals surface area contributed by atoms with E-state index in [0.29, 0.717) is 30.3 Å². The van der Waals surface area contributed by atoms with Crippen molar-refractivity contribution in [2.24, 2.45) is 0 Å². The minimum absolute atomic E-state index is 0. The monoisotopic (exact) mass is 552 g/mol. The van der Waals surface area contributed by atoms with E-state index in [1.54, 1.807) is 36.3 Å². The molecule has 1 aliphatic rings. The van der Waals surface area contributed by atoms with Crippen molar-refractivity contribution in [2.75, 3.05) is 52.3 Å². The van der Waals surface area contributed by atoms with Crippen molar-refractivity contribution in [1.29, 1.82) is 0 Å². The summed E-state index contributed by atoms with van der Waals surface area (Å²) in [7, 11) is 2.07. The lowest BCUT2D eigenvalue weighted by Gasteiger charge is -2.26. The number of piperidine rings is 1. The summed E-state index contributed by atoms with van der Waals surface area (Å²) in [6, 6.07) is 11.9.